The molecule has 8 heteroatoms. The van der Waals surface area contributed by atoms with Gasteiger partial charge in [-0.2, -0.15) is 0 Å². The van der Waals surface area contributed by atoms with Crippen LogP contribution in [0.15, 0.2) is 0 Å². The maximum Gasteiger partial charge on any atom is 0.322 e. The molecule has 0 aliphatic carbocycles. The van der Waals surface area contributed by atoms with Crippen LogP contribution in [0.3, 0.4) is 0 Å². The molecule has 0 aromatic rings. The average Bonchev–Trinajstić information content (AvgIpc) is 2.40. The fourth-order valence-corrected chi connectivity index (χ4v) is 1.53. The monoisotopic (exact) mass is 458 g/mol. The third-order valence-corrected chi connectivity index (χ3v) is 3.36. The molecule has 0 aromatic carbocycles. The highest BCUT2D eigenvalue weighted by molar-refractivity contribution is 9.10. The van der Waals surface area contributed by atoms with Crippen LogP contribution in [-0.4, -0.2) is 53.3 Å². The molecule has 0 saturated carbocycles. The Kier molecular flexibility index (Phi) is 8.94. The third-order valence-electron chi connectivity index (χ3n) is 2.71. The van der Waals surface area contributed by atoms with Gasteiger partial charge in [-0.3, -0.25) is 9.59 Å². The molecule has 0 unspecified atom stereocenters. The number of alkyl halides is 2. The van der Waals surface area contributed by atoms with Crippen molar-refractivity contribution in [2.75, 3.05) is 26.4 Å². The first kappa shape index (κ1) is 22.5. The first-order valence-corrected chi connectivity index (χ1v) is 8.64. The van der Waals surface area contributed by atoms with Crippen LogP contribution in [0.5, 0.6) is 0 Å². The molecule has 0 amide bonds. The summed E-state index contributed by atoms with van der Waals surface area (Å²) in [5, 5.41) is 0. The smallest absolute Gasteiger partial charge is 0.322 e. The molecule has 0 heterocycles. The highest BCUT2D eigenvalue weighted by atomic mass is 79.9. The number of aldehydes is 1. The lowest BCUT2D eigenvalue weighted by molar-refractivity contribution is -0.158. The lowest BCUT2D eigenvalue weighted by Gasteiger charge is -2.30. The second-order valence-electron chi connectivity index (χ2n) is 6.59. The predicted octanol–water partition coefficient (Wildman–Crippen LogP) is 2.64. The fraction of sp³-hybridized carbons (Fsp3) is 0.800. The van der Waals surface area contributed by atoms with Gasteiger partial charge in [0, 0.05) is 0 Å². The standard InChI is InChI=1S/C15H24Br2O6/c1-13(2,16)11(19)22-9-15(5,8-21-7-6-18)10-23-12(20)14(3,4)17/h6H,7-10H2,1-5H3. The topological polar surface area (TPSA) is 78.9 Å². The molecule has 23 heavy (non-hydrogen) atoms. The molecule has 0 atom stereocenters. The molecule has 0 spiro atoms. The number of hydrogen-bond acceptors (Lipinski definition) is 6. The Balaban J connectivity index is 4.78. The molecule has 6 nitrogen and oxygen atoms in total. The van der Waals surface area contributed by atoms with Crippen molar-refractivity contribution in [3.8, 4) is 0 Å². The van der Waals surface area contributed by atoms with Gasteiger partial charge in [0.05, 0.1) is 12.0 Å². The van der Waals surface area contributed by atoms with Crippen molar-refractivity contribution in [2.45, 2.75) is 43.3 Å². The Labute approximate surface area is 153 Å². The molecule has 0 aliphatic rings. The first-order valence-electron chi connectivity index (χ1n) is 7.05. The minimum absolute atomic E-state index is 0.00425. The van der Waals surface area contributed by atoms with Crippen molar-refractivity contribution < 1.29 is 28.6 Å². The summed E-state index contributed by atoms with van der Waals surface area (Å²) in [4.78, 5) is 34.1. The van der Waals surface area contributed by atoms with E-state index in [9.17, 15) is 14.4 Å². The van der Waals surface area contributed by atoms with Crippen molar-refractivity contribution in [2.24, 2.45) is 5.41 Å². The van der Waals surface area contributed by atoms with E-state index in [1.807, 2.05) is 0 Å². The van der Waals surface area contributed by atoms with Gasteiger partial charge < -0.3 is 19.0 Å². The van der Waals surface area contributed by atoms with Crippen LogP contribution in [0.2, 0.25) is 0 Å². The summed E-state index contributed by atoms with van der Waals surface area (Å²) in [6.07, 6.45) is 0.627. The van der Waals surface area contributed by atoms with Crippen LogP contribution in [0.4, 0.5) is 0 Å². The molecule has 0 bridgehead atoms. The Morgan fingerprint density at radius 3 is 1.57 bits per heavy atom. The average molecular weight is 460 g/mol. The summed E-state index contributed by atoms with van der Waals surface area (Å²) in [5.41, 5.74) is -0.759. The molecular weight excluding hydrogens is 436 g/mol. The Hall–Kier alpha value is -0.470. The minimum atomic E-state index is -0.813. The van der Waals surface area contributed by atoms with E-state index in [-0.39, 0.29) is 26.4 Å². The first-order chi connectivity index (χ1) is 10.3. The minimum Gasteiger partial charge on any atom is -0.464 e. The SMILES string of the molecule is CC(COCC=O)(COC(=O)C(C)(C)Br)COC(=O)C(C)(C)Br. The zero-order valence-corrected chi connectivity index (χ0v) is 17.3. The van der Waals surface area contributed by atoms with E-state index in [4.69, 9.17) is 14.2 Å². The van der Waals surface area contributed by atoms with Gasteiger partial charge in [-0.1, -0.05) is 38.8 Å². The number of carbonyl (C=O) groups excluding carboxylic acids is 3. The normalized spacial score (nSPS) is 12.7. The van der Waals surface area contributed by atoms with Gasteiger partial charge in [-0.25, -0.2) is 0 Å². The summed E-state index contributed by atoms with van der Waals surface area (Å²) in [5.74, 6) is -0.877. The number of halogens is 2. The van der Waals surface area contributed by atoms with Gasteiger partial charge in [0.2, 0.25) is 0 Å². The van der Waals surface area contributed by atoms with Gasteiger partial charge in [0.25, 0.3) is 0 Å². The predicted molar refractivity (Wildman–Crippen MR) is 92.9 cm³/mol. The van der Waals surface area contributed by atoms with Crippen LogP contribution >= 0.6 is 31.9 Å². The zero-order valence-electron chi connectivity index (χ0n) is 14.1. The van der Waals surface area contributed by atoms with E-state index >= 15 is 0 Å². The third kappa shape index (κ3) is 9.42. The van der Waals surface area contributed by atoms with Crippen molar-refractivity contribution in [3.05, 3.63) is 0 Å². The zero-order chi connectivity index (χ0) is 18.3. The molecule has 0 rings (SSSR count). The van der Waals surface area contributed by atoms with Gasteiger partial charge in [-0.15, -0.1) is 0 Å². The van der Waals surface area contributed by atoms with Crippen LogP contribution in [0, 0.1) is 5.41 Å². The fourth-order valence-electron chi connectivity index (χ4n) is 1.30. The van der Waals surface area contributed by atoms with E-state index in [0.717, 1.165) is 0 Å². The van der Waals surface area contributed by atoms with Crippen molar-refractivity contribution in [3.63, 3.8) is 0 Å². The second-order valence-corrected chi connectivity index (χ2v) is 10.6. The van der Waals surface area contributed by atoms with Crippen molar-refractivity contribution >= 4 is 50.1 Å². The summed E-state index contributed by atoms with van der Waals surface area (Å²) < 4.78 is 14.1. The molecular formula is C15H24Br2O6. The van der Waals surface area contributed by atoms with E-state index in [2.05, 4.69) is 31.9 Å². The Morgan fingerprint density at radius 1 is 0.870 bits per heavy atom. The van der Waals surface area contributed by atoms with Gasteiger partial charge in [-0.05, 0) is 27.7 Å². The highest BCUT2D eigenvalue weighted by Crippen LogP contribution is 2.24. The molecule has 0 radical (unpaired) electrons. The van der Waals surface area contributed by atoms with Crippen LogP contribution in [-0.2, 0) is 28.6 Å². The summed E-state index contributed by atoms with van der Waals surface area (Å²) >= 11 is 6.44. The van der Waals surface area contributed by atoms with Crippen LogP contribution in [0.25, 0.3) is 0 Å². The lowest BCUT2D eigenvalue weighted by atomic mass is 9.94. The Bertz CT molecular complexity index is 393. The summed E-state index contributed by atoms with van der Waals surface area (Å²) in [6.45, 7) is 8.45. The lowest BCUT2D eigenvalue weighted by Crippen LogP contribution is -2.40. The second kappa shape index (κ2) is 9.13. The molecule has 134 valence electrons. The van der Waals surface area contributed by atoms with E-state index in [1.54, 1.807) is 34.6 Å². The maximum atomic E-state index is 11.9. The molecule has 0 N–H and O–H groups in total. The number of hydrogen-bond donors (Lipinski definition) is 0. The molecule has 0 saturated heterocycles. The molecule has 0 fully saturated rings. The van der Waals surface area contributed by atoms with Crippen LogP contribution < -0.4 is 0 Å². The summed E-state index contributed by atoms with van der Waals surface area (Å²) in [6, 6.07) is 0. The summed E-state index contributed by atoms with van der Waals surface area (Å²) in [7, 11) is 0. The van der Waals surface area contributed by atoms with Gasteiger partial charge in [0.15, 0.2) is 0 Å². The van der Waals surface area contributed by atoms with Gasteiger partial charge >= 0.3 is 11.9 Å². The molecule has 0 aromatic heterocycles. The van der Waals surface area contributed by atoms with Crippen LogP contribution in [0.1, 0.15) is 34.6 Å². The number of carbonyl (C=O) groups is 3. The molecule has 0 aliphatic heterocycles. The Morgan fingerprint density at radius 2 is 1.26 bits per heavy atom. The number of ether oxygens (including phenoxy) is 3. The largest absolute Gasteiger partial charge is 0.464 e. The number of esters is 2. The van der Waals surface area contributed by atoms with Crippen molar-refractivity contribution in [1.82, 2.24) is 0 Å². The van der Waals surface area contributed by atoms with E-state index < -0.39 is 26.0 Å². The van der Waals surface area contributed by atoms with E-state index in [0.29, 0.717) is 6.29 Å². The number of rotatable bonds is 10. The quantitative estimate of drug-likeness (QED) is 0.216. The van der Waals surface area contributed by atoms with Gasteiger partial charge in [0.1, 0.15) is 34.8 Å². The maximum absolute atomic E-state index is 11.9. The van der Waals surface area contributed by atoms with E-state index in [1.165, 1.54) is 0 Å². The van der Waals surface area contributed by atoms with Crippen molar-refractivity contribution in [1.29, 1.82) is 0 Å². The highest BCUT2D eigenvalue weighted by Gasteiger charge is 2.34.